The highest BCUT2D eigenvalue weighted by Gasteiger charge is 2.25. The Kier molecular flexibility index (Phi) is 4.82. The van der Waals surface area contributed by atoms with E-state index in [-0.39, 0.29) is 6.10 Å². The van der Waals surface area contributed by atoms with Gasteiger partial charge in [-0.05, 0) is 6.07 Å². The van der Waals surface area contributed by atoms with Gasteiger partial charge in [0.15, 0.2) is 5.17 Å². The summed E-state index contributed by atoms with van der Waals surface area (Å²) in [6.45, 7) is 8.44. The molecule has 2 aliphatic rings. The Morgan fingerprint density at radius 1 is 1.33 bits per heavy atom. The van der Waals surface area contributed by atoms with Gasteiger partial charge in [-0.25, -0.2) is 0 Å². The van der Waals surface area contributed by atoms with Crippen molar-refractivity contribution in [3.05, 3.63) is 18.5 Å². The van der Waals surface area contributed by atoms with Crippen molar-refractivity contribution in [3.63, 3.8) is 0 Å². The fraction of sp³-hybridized carbons (Fsp3) is 0.714. The van der Waals surface area contributed by atoms with Crippen molar-refractivity contribution >= 4 is 16.9 Å². The summed E-state index contributed by atoms with van der Waals surface area (Å²) in [7, 11) is 0. The van der Waals surface area contributed by atoms with Crippen LogP contribution in [0.4, 0.5) is 0 Å². The van der Waals surface area contributed by atoms with Gasteiger partial charge in [0.05, 0.1) is 19.2 Å². The maximum absolute atomic E-state index is 10.1. The zero-order valence-electron chi connectivity index (χ0n) is 12.4. The highest BCUT2D eigenvalue weighted by molar-refractivity contribution is 8.14. The van der Waals surface area contributed by atoms with E-state index in [0.717, 1.165) is 32.7 Å². The van der Waals surface area contributed by atoms with Crippen molar-refractivity contribution in [2.45, 2.75) is 24.8 Å². The zero-order valence-corrected chi connectivity index (χ0v) is 13.2. The second kappa shape index (κ2) is 6.81. The number of rotatable bonds is 4. The molecule has 0 spiro atoms. The van der Waals surface area contributed by atoms with Crippen molar-refractivity contribution in [2.24, 2.45) is 4.99 Å². The summed E-state index contributed by atoms with van der Waals surface area (Å²) in [6.07, 6.45) is 3.26. The van der Waals surface area contributed by atoms with Crippen molar-refractivity contribution in [1.29, 1.82) is 0 Å². The van der Waals surface area contributed by atoms with Crippen LogP contribution in [0.2, 0.25) is 0 Å². The van der Waals surface area contributed by atoms with Gasteiger partial charge in [0.1, 0.15) is 0 Å². The maximum atomic E-state index is 10.1. The standard InChI is InChI=1S/C14H23N5OS/c1-12-9-15-14(21-12)18-7-5-17(6-8-18)10-13(20)11-19-4-2-3-16-19/h2-4,12-13,20H,5-11H2,1H3/t12-,13+/m1/s1. The van der Waals surface area contributed by atoms with E-state index in [1.165, 1.54) is 5.17 Å². The van der Waals surface area contributed by atoms with E-state index in [0.29, 0.717) is 18.3 Å². The van der Waals surface area contributed by atoms with Crippen LogP contribution in [0.25, 0.3) is 0 Å². The molecule has 1 N–H and O–H groups in total. The molecule has 21 heavy (non-hydrogen) atoms. The SMILES string of the molecule is C[C@@H]1CN=C(N2CCN(C[C@H](O)Cn3cccn3)CC2)S1. The summed E-state index contributed by atoms with van der Waals surface area (Å²) in [5.74, 6) is 0. The molecule has 2 aliphatic heterocycles. The molecule has 0 unspecified atom stereocenters. The van der Waals surface area contributed by atoms with Crippen LogP contribution >= 0.6 is 11.8 Å². The highest BCUT2D eigenvalue weighted by atomic mass is 32.2. The molecule has 7 heteroatoms. The first-order valence-electron chi connectivity index (χ1n) is 7.54. The van der Waals surface area contributed by atoms with Gasteiger partial charge in [-0.1, -0.05) is 18.7 Å². The summed E-state index contributed by atoms with van der Waals surface area (Å²) in [4.78, 5) is 9.31. The topological polar surface area (TPSA) is 56.9 Å². The van der Waals surface area contributed by atoms with Crippen molar-refractivity contribution in [3.8, 4) is 0 Å². The smallest absolute Gasteiger partial charge is 0.159 e. The summed E-state index contributed by atoms with van der Waals surface area (Å²) < 4.78 is 1.78. The number of thioether (sulfide) groups is 1. The monoisotopic (exact) mass is 309 g/mol. The predicted octanol–water partition coefficient (Wildman–Crippen LogP) is 0.353. The normalized spacial score (nSPS) is 25.1. The number of nitrogens with zero attached hydrogens (tertiary/aromatic N) is 5. The Hall–Kier alpha value is -1.05. The second-order valence-electron chi connectivity index (χ2n) is 5.72. The van der Waals surface area contributed by atoms with Gasteiger partial charge < -0.3 is 10.0 Å². The van der Waals surface area contributed by atoms with Gasteiger partial charge >= 0.3 is 0 Å². The van der Waals surface area contributed by atoms with E-state index in [2.05, 4.69) is 26.8 Å². The lowest BCUT2D eigenvalue weighted by molar-refractivity contribution is 0.0769. The molecule has 1 saturated heterocycles. The molecule has 0 amide bonds. The number of aliphatic imine (C=N–C) groups is 1. The Morgan fingerprint density at radius 3 is 2.76 bits per heavy atom. The molecular weight excluding hydrogens is 286 g/mol. The first kappa shape index (κ1) is 14.9. The van der Waals surface area contributed by atoms with E-state index in [9.17, 15) is 5.11 Å². The molecule has 0 saturated carbocycles. The summed E-state index contributed by atoms with van der Waals surface area (Å²) in [6, 6.07) is 1.88. The third-order valence-corrected chi connectivity index (χ3v) is 5.01. The maximum Gasteiger partial charge on any atom is 0.159 e. The Labute approximate surface area is 129 Å². The van der Waals surface area contributed by atoms with Gasteiger partial charge in [-0.2, -0.15) is 5.10 Å². The van der Waals surface area contributed by atoms with Crippen LogP contribution in [0.15, 0.2) is 23.5 Å². The van der Waals surface area contributed by atoms with Crippen LogP contribution in [0, 0.1) is 0 Å². The van der Waals surface area contributed by atoms with Crippen LogP contribution in [-0.4, -0.2) is 80.5 Å². The number of aliphatic hydroxyl groups is 1. The number of aromatic nitrogens is 2. The van der Waals surface area contributed by atoms with Crippen LogP contribution < -0.4 is 0 Å². The summed E-state index contributed by atoms with van der Waals surface area (Å²) in [5.41, 5.74) is 0. The fourth-order valence-electron chi connectivity index (χ4n) is 2.74. The molecule has 116 valence electrons. The lowest BCUT2D eigenvalue weighted by Gasteiger charge is -2.36. The molecule has 1 aromatic rings. The summed E-state index contributed by atoms with van der Waals surface area (Å²) in [5, 5.41) is 16.1. The van der Waals surface area contributed by atoms with E-state index < -0.39 is 0 Å². The zero-order chi connectivity index (χ0) is 14.7. The number of amidine groups is 1. The van der Waals surface area contributed by atoms with Gasteiger partial charge in [-0.3, -0.25) is 14.6 Å². The Balaban J connectivity index is 1.41. The van der Waals surface area contributed by atoms with Gasteiger partial charge in [0.2, 0.25) is 0 Å². The van der Waals surface area contributed by atoms with E-state index >= 15 is 0 Å². The molecule has 1 fully saturated rings. The van der Waals surface area contributed by atoms with Gasteiger partial charge in [0, 0.05) is 50.4 Å². The molecule has 0 radical (unpaired) electrons. The average molecular weight is 309 g/mol. The molecule has 3 heterocycles. The third-order valence-electron chi connectivity index (χ3n) is 3.86. The Bertz CT molecular complexity index is 470. The molecule has 2 atom stereocenters. The molecule has 3 rings (SSSR count). The predicted molar refractivity (Wildman–Crippen MR) is 85.6 cm³/mol. The van der Waals surface area contributed by atoms with Crippen LogP contribution in [-0.2, 0) is 6.54 Å². The van der Waals surface area contributed by atoms with Gasteiger partial charge in [0.25, 0.3) is 0 Å². The molecule has 6 nitrogen and oxygen atoms in total. The minimum atomic E-state index is -0.366. The quantitative estimate of drug-likeness (QED) is 0.870. The molecule has 0 bridgehead atoms. The average Bonchev–Trinajstić information content (AvgIpc) is 3.11. The van der Waals surface area contributed by atoms with E-state index in [1.54, 1.807) is 10.9 Å². The second-order valence-corrected chi connectivity index (χ2v) is 7.13. The number of piperazine rings is 1. The lowest BCUT2D eigenvalue weighted by atomic mass is 10.2. The van der Waals surface area contributed by atoms with E-state index in [4.69, 9.17) is 0 Å². The van der Waals surface area contributed by atoms with Crippen LogP contribution in [0.3, 0.4) is 0 Å². The highest BCUT2D eigenvalue weighted by Crippen LogP contribution is 2.23. The molecule has 0 aliphatic carbocycles. The molecule has 0 aromatic carbocycles. The first-order valence-corrected chi connectivity index (χ1v) is 8.42. The lowest BCUT2D eigenvalue weighted by Crippen LogP contribution is -2.50. The number of hydrogen-bond acceptors (Lipinski definition) is 6. The Morgan fingerprint density at radius 2 is 2.14 bits per heavy atom. The van der Waals surface area contributed by atoms with Crippen LogP contribution in [0.5, 0.6) is 0 Å². The van der Waals surface area contributed by atoms with Crippen molar-refractivity contribution < 1.29 is 5.11 Å². The van der Waals surface area contributed by atoms with Crippen molar-refractivity contribution in [2.75, 3.05) is 39.3 Å². The first-order chi connectivity index (χ1) is 10.2. The number of hydrogen-bond donors (Lipinski definition) is 1. The van der Waals surface area contributed by atoms with Crippen LogP contribution in [0.1, 0.15) is 6.92 Å². The minimum absolute atomic E-state index is 0.366. The largest absolute Gasteiger partial charge is 0.390 e. The van der Waals surface area contributed by atoms with Gasteiger partial charge in [-0.15, -0.1) is 0 Å². The van der Waals surface area contributed by atoms with E-state index in [1.807, 2.05) is 24.0 Å². The number of β-amino-alcohol motifs (C(OH)–C–C–N with tert-alkyl or cyclic N) is 1. The fourth-order valence-corrected chi connectivity index (χ4v) is 3.73. The molecule has 1 aromatic heterocycles. The molecular formula is C14H23N5OS. The van der Waals surface area contributed by atoms with Crippen molar-refractivity contribution in [1.82, 2.24) is 19.6 Å². The minimum Gasteiger partial charge on any atom is -0.390 e. The number of aliphatic hydroxyl groups excluding tert-OH is 1. The third kappa shape index (κ3) is 3.99. The summed E-state index contributed by atoms with van der Waals surface area (Å²) >= 11 is 1.89.